The summed E-state index contributed by atoms with van der Waals surface area (Å²) >= 11 is 1.14. The normalized spacial score (nSPS) is 11.3. The third kappa shape index (κ3) is 4.61. The standard InChI is InChI=1S/C19H19N3O3S/c1-4-25-19(24)16-11-10-14(12-20)17(21-16)26-13(2)18(23)22(3)15-8-6-5-7-9-15/h5-11,13H,4H2,1-3H3/t13-/m0/s1. The van der Waals surface area contributed by atoms with Gasteiger partial charge in [-0.2, -0.15) is 5.26 Å². The highest BCUT2D eigenvalue weighted by Crippen LogP contribution is 2.27. The quantitative estimate of drug-likeness (QED) is 0.574. The number of carbonyl (C=O) groups is 2. The first kappa shape index (κ1) is 19.5. The zero-order valence-electron chi connectivity index (χ0n) is 14.8. The van der Waals surface area contributed by atoms with E-state index in [1.54, 1.807) is 25.8 Å². The van der Waals surface area contributed by atoms with Crippen molar-refractivity contribution in [2.45, 2.75) is 24.1 Å². The highest BCUT2D eigenvalue weighted by atomic mass is 32.2. The van der Waals surface area contributed by atoms with Gasteiger partial charge in [0.05, 0.1) is 17.4 Å². The molecule has 0 bridgehead atoms. The van der Waals surface area contributed by atoms with E-state index in [1.165, 1.54) is 12.1 Å². The number of pyridine rings is 1. The van der Waals surface area contributed by atoms with Crippen LogP contribution >= 0.6 is 11.8 Å². The maximum atomic E-state index is 12.7. The minimum absolute atomic E-state index is 0.115. The Hall–Kier alpha value is -2.85. The molecule has 134 valence electrons. The van der Waals surface area contributed by atoms with Crippen LogP contribution in [0.15, 0.2) is 47.5 Å². The Kier molecular flexibility index (Phi) is 6.75. The van der Waals surface area contributed by atoms with E-state index in [1.807, 2.05) is 36.4 Å². The van der Waals surface area contributed by atoms with Crippen molar-refractivity contribution in [2.24, 2.45) is 0 Å². The highest BCUT2D eigenvalue weighted by molar-refractivity contribution is 8.00. The second kappa shape index (κ2) is 9.02. The third-order valence-electron chi connectivity index (χ3n) is 3.58. The second-order valence-corrected chi connectivity index (χ2v) is 6.70. The fourth-order valence-electron chi connectivity index (χ4n) is 2.20. The number of nitrogens with zero attached hydrogens (tertiary/aromatic N) is 3. The molecule has 1 amide bonds. The van der Waals surface area contributed by atoms with Gasteiger partial charge in [0.2, 0.25) is 5.91 Å². The smallest absolute Gasteiger partial charge is 0.356 e. The number of para-hydroxylation sites is 1. The van der Waals surface area contributed by atoms with Crippen LogP contribution in [0, 0.1) is 11.3 Å². The second-order valence-electron chi connectivity index (χ2n) is 5.37. The molecule has 1 atom stereocenters. The molecular formula is C19H19N3O3S. The van der Waals surface area contributed by atoms with Crippen LogP contribution in [0.4, 0.5) is 5.69 Å². The molecule has 0 fully saturated rings. The van der Waals surface area contributed by atoms with Crippen LogP contribution in [0.5, 0.6) is 0 Å². The van der Waals surface area contributed by atoms with Crippen LogP contribution in [0.2, 0.25) is 0 Å². The number of hydrogen-bond donors (Lipinski definition) is 0. The van der Waals surface area contributed by atoms with Crippen molar-refractivity contribution < 1.29 is 14.3 Å². The summed E-state index contributed by atoms with van der Waals surface area (Å²) in [4.78, 5) is 30.3. The number of amides is 1. The molecular weight excluding hydrogens is 350 g/mol. The summed E-state index contributed by atoms with van der Waals surface area (Å²) in [5.74, 6) is -0.687. The molecule has 0 spiro atoms. The molecule has 26 heavy (non-hydrogen) atoms. The summed E-state index contributed by atoms with van der Waals surface area (Å²) in [5.41, 5.74) is 1.20. The number of hydrogen-bond acceptors (Lipinski definition) is 6. The molecule has 0 unspecified atom stereocenters. The zero-order valence-corrected chi connectivity index (χ0v) is 15.6. The van der Waals surface area contributed by atoms with Gasteiger partial charge in [-0.25, -0.2) is 9.78 Å². The predicted octanol–water partition coefficient (Wildman–Crippen LogP) is 3.27. The average molecular weight is 369 g/mol. The number of esters is 1. The molecule has 0 aliphatic carbocycles. The lowest BCUT2D eigenvalue weighted by Crippen LogP contribution is -2.33. The number of benzene rings is 1. The lowest BCUT2D eigenvalue weighted by molar-refractivity contribution is -0.117. The van der Waals surface area contributed by atoms with Crippen LogP contribution in [0.25, 0.3) is 0 Å². The Morgan fingerprint density at radius 3 is 2.58 bits per heavy atom. The number of ether oxygens (including phenoxy) is 1. The van der Waals surface area contributed by atoms with Crippen molar-refractivity contribution in [2.75, 3.05) is 18.6 Å². The maximum absolute atomic E-state index is 12.7. The third-order valence-corrected chi connectivity index (χ3v) is 4.67. The molecule has 0 aliphatic rings. The minimum Gasteiger partial charge on any atom is -0.461 e. The van der Waals surface area contributed by atoms with Gasteiger partial charge < -0.3 is 9.64 Å². The lowest BCUT2D eigenvalue weighted by atomic mass is 10.2. The minimum atomic E-state index is -0.556. The lowest BCUT2D eigenvalue weighted by Gasteiger charge is -2.21. The molecule has 1 aromatic heterocycles. The summed E-state index contributed by atoms with van der Waals surface area (Å²) in [6.45, 7) is 3.68. The van der Waals surface area contributed by atoms with Crippen molar-refractivity contribution in [3.63, 3.8) is 0 Å². The molecule has 1 heterocycles. The van der Waals surface area contributed by atoms with Gasteiger partial charge in [0, 0.05) is 12.7 Å². The van der Waals surface area contributed by atoms with Gasteiger partial charge in [-0.1, -0.05) is 30.0 Å². The predicted molar refractivity (Wildman–Crippen MR) is 100 cm³/mol. The van der Waals surface area contributed by atoms with Gasteiger partial charge in [-0.15, -0.1) is 0 Å². The number of anilines is 1. The number of aromatic nitrogens is 1. The Morgan fingerprint density at radius 1 is 1.27 bits per heavy atom. The van der Waals surface area contributed by atoms with Gasteiger partial charge in [0.25, 0.3) is 0 Å². The van der Waals surface area contributed by atoms with Crippen molar-refractivity contribution in [1.29, 1.82) is 5.26 Å². The molecule has 0 N–H and O–H groups in total. The van der Waals surface area contributed by atoms with E-state index >= 15 is 0 Å². The molecule has 6 nitrogen and oxygen atoms in total. The van der Waals surface area contributed by atoms with Crippen LogP contribution in [0.1, 0.15) is 29.9 Å². The molecule has 0 aliphatic heterocycles. The van der Waals surface area contributed by atoms with E-state index in [0.717, 1.165) is 17.4 Å². The van der Waals surface area contributed by atoms with Crippen molar-refractivity contribution >= 4 is 29.3 Å². The van der Waals surface area contributed by atoms with Gasteiger partial charge in [0.1, 0.15) is 16.8 Å². The largest absolute Gasteiger partial charge is 0.461 e. The van der Waals surface area contributed by atoms with E-state index in [2.05, 4.69) is 4.98 Å². The number of rotatable bonds is 6. The first-order valence-electron chi connectivity index (χ1n) is 8.05. The number of carbonyl (C=O) groups excluding carboxylic acids is 2. The molecule has 7 heteroatoms. The molecule has 1 aromatic carbocycles. The topological polar surface area (TPSA) is 83.3 Å². The number of thioether (sulfide) groups is 1. The van der Waals surface area contributed by atoms with Gasteiger partial charge >= 0.3 is 5.97 Å². The fourth-order valence-corrected chi connectivity index (χ4v) is 3.19. The summed E-state index contributed by atoms with van der Waals surface area (Å²) in [7, 11) is 1.70. The molecule has 2 aromatic rings. The van der Waals surface area contributed by atoms with Crippen molar-refractivity contribution in [3.8, 4) is 6.07 Å². The monoisotopic (exact) mass is 369 g/mol. The maximum Gasteiger partial charge on any atom is 0.356 e. The molecule has 0 saturated heterocycles. The number of nitriles is 1. The van der Waals surface area contributed by atoms with Crippen LogP contribution < -0.4 is 4.90 Å². The van der Waals surface area contributed by atoms with Crippen LogP contribution in [-0.2, 0) is 9.53 Å². The first-order chi connectivity index (χ1) is 12.5. The Bertz CT molecular complexity index is 834. The van der Waals surface area contributed by atoms with E-state index in [9.17, 15) is 14.9 Å². The van der Waals surface area contributed by atoms with Crippen molar-refractivity contribution in [3.05, 3.63) is 53.7 Å². The van der Waals surface area contributed by atoms with Crippen LogP contribution in [0.3, 0.4) is 0 Å². The van der Waals surface area contributed by atoms with Gasteiger partial charge in [-0.05, 0) is 38.1 Å². The van der Waals surface area contributed by atoms with Crippen molar-refractivity contribution in [1.82, 2.24) is 4.98 Å². The zero-order chi connectivity index (χ0) is 19.1. The van der Waals surface area contributed by atoms with E-state index in [0.29, 0.717) is 10.6 Å². The summed E-state index contributed by atoms with van der Waals surface area (Å²) in [5, 5.41) is 9.12. The Balaban J connectivity index is 2.20. The SMILES string of the molecule is CCOC(=O)c1ccc(C#N)c(S[C@@H](C)C(=O)N(C)c2ccccc2)n1. The Morgan fingerprint density at radius 2 is 1.96 bits per heavy atom. The van der Waals surface area contributed by atoms with Crippen LogP contribution in [-0.4, -0.2) is 35.8 Å². The van der Waals surface area contributed by atoms with E-state index in [4.69, 9.17) is 4.74 Å². The van der Waals surface area contributed by atoms with Gasteiger partial charge in [0.15, 0.2) is 0 Å². The molecule has 0 radical (unpaired) electrons. The Labute approximate surface area is 156 Å². The summed E-state index contributed by atoms with van der Waals surface area (Å²) in [6.07, 6.45) is 0. The first-order valence-corrected chi connectivity index (χ1v) is 8.93. The fraction of sp³-hybridized carbons (Fsp3) is 0.263. The van der Waals surface area contributed by atoms with Gasteiger partial charge in [-0.3, -0.25) is 4.79 Å². The van der Waals surface area contributed by atoms with E-state index < -0.39 is 11.2 Å². The summed E-state index contributed by atoms with van der Waals surface area (Å²) < 4.78 is 4.94. The molecule has 2 rings (SSSR count). The highest BCUT2D eigenvalue weighted by Gasteiger charge is 2.22. The molecule has 0 saturated carbocycles. The van der Waals surface area contributed by atoms with E-state index in [-0.39, 0.29) is 18.2 Å². The summed E-state index contributed by atoms with van der Waals surface area (Å²) in [6, 6.07) is 14.3. The average Bonchev–Trinajstić information content (AvgIpc) is 2.67.